The number of halogens is 1. The molecule has 0 aromatic heterocycles. The lowest BCUT2D eigenvalue weighted by molar-refractivity contribution is -0.121. The number of esters is 1. The van der Waals surface area contributed by atoms with Gasteiger partial charge in [-0.1, -0.05) is 23.7 Å². The Morgan fingerprint density at radius 2 is 1.81 bits per heavy atom. The molecule has 0 spiro atoms. The smallest absolute Gasteiger partial charge is 0.338 e. The number of anilines is 1. The number of nitrogens with zero attached hydrogens (tertiary/aromatic N) is 1. The Balaban J connectivity index is 1.66. The quantitative estimate of drug-likeness (QED) is 0.610. The summed E-state index contributed by atoms with van der Waals surface area (Å²) >= 11 is 5.86. The molecule has 6 nitrogen and oxygen atoms in total. The van der Waals surface area contributed by atoms with Gasteiger partial charge in [-0.25, -0.2) is 9.69 Å². The summed E-state index contributed by atoms with van der Waals surface area (Å²) in [7, 11) is 0. The minimum atomic E-state index is -0.585. The van der Waals surface area contributed by atoms with Gasteiger partial charge in [-0.15, -0.1) is 0 Å². The second-order valence-corrected chi connectivity index (χ2v) is 6.54. The van der Waals surface area contributed by atoms with E-state index in [-0.39, 0.29) is 24.8 Å². The standard InChI is InChI=1S/C20H19ClN2O4/c1-2-27-20(26)14-5-9-16(10-6-14)23-18(24)11-17(19(23)25)22-12-13-3-7-15(21)8-4-13/h3-10,17,22H,2,11-12H2,1H3/t17-/m0/s1. The highest BCUT2D eigenvalue weighted by Gasteiger charge is 2.39. The van der Waals surface area contributed by atoms with Crippen LogP contribution in [0.5, 0.6) is 0 Å². The SMILES string of the molecule is CCOC(=O)c1ccc(N2C(=O)C[C@H](NCc3ccc(Cl)cc3)C2=O)cc1. The van der Waals surface area contributed by atoms with Gasteiger partial charge in [0.25, 0.3) is 5.91 Å². The molecule has 0 radical (unpaired) electrons. The Labute approximate surface area is 162 Å². The third kappa shape index (κ3) is 4.35. The monoisotopic (exact) mass is 386 g/mol. The van der Waals surface area contributed by atoms with Crippen LogP contribution in [0.15, 0.2) is 48.5 Å². The van der Waals surface area contributed by atoms with E-state index < -0.39 is 12.0 Å². The highest BCUT2D eigenvalue weighted by atomic mass is 35.5. The van der Waals surface area contributed by atoms with E-state index in [4.69, 9.17) is 16.3 Å². The summed E-state index contributed by atoms with van der Waals surface area (Å²) in [4.78, 5) is 37.8. The van der Waals surface area contributed by atoms with E-state index in [1.807, 2.05) is 12.1 Å². The lowest BCUT2D eigenvalue weighted by Crippen LogP contribution is -2.38. The summed E-state index contributed by atoms with van der Waals surface area (Å²) < 4.78 is 4.93. The van der Waals surface area contributed by atoms with E-state index in [2.05, 4.69) is 5.32 Å². The fraction of sp³-hybridized carbons (Fsp3) is 0.250. The summed E-state index contributed by atoms with van der Waals surface area (Å²) in [5.74, 6) is -1.03. The van der Waals surface area contributed by atoms with Crippen molar-refractivity contribution in [1.82, 2.24) is 5.32 Å². The summed E-state index contributed by atoms with van der Waals surface area (Å²) in [5.41, 5.74) is 1.78. The maximum atomic E-state index is 12.6. The van der Waals surface area contributed by atoms with Crippen molar-refractivity contribution >= 4 is 35.1 Å². The van der Waals surface area contributed by atoms with Crippen molar-refractivity contribution < 1.29 is 19.1 Å². The van der Waals surface area contributed by atoms with Crippen molar-refractivity contribution in [2.75, 3.05) is 11.5 Å². The summed E-state index contributed by atoms with van der Waals surface area (Å²) in [6.45, 7) is 2.46. The largest absolute Gasteiger partial charge is 0.462 e. The third-order valence-electron chi connectivity index (χ3n) is 4.25. The van der Waals surface area contributed by atoms with E-state index in [1.54, 1.807) is 43.3 Å². The summed E-state index contributed by atoms with van der Waals surface area (Å²) in [6.07, 6.45) is 0.0893. The molecule has 1 N–H and O–H groups in total. The molecule has 2 amide bonds. The van der Waals surface area contributed by atoms with Crippen LogP contribution in [0, 0.1) is 0 Å². The van der Waals surface area contributed by atoms with Crippen LogP contribution in [0.3, 0.4) is 0 Å². The summed E-state index contributed by atoms with van der Waals surface area (Å²) in [6, 6.07) is 12.9. The zero-order chi connectivity index (χ0) is 19.4. The highest BCUT2D eigenvalue weighted by Crippen LogP contribution is 2.24. The molecule has 27 heavy (non-hydrogen) atoms. The molecule has 0 aliphatic carbocycles. The van der Waals surface area contributed by atoms with Gasteiger partial charge in [-0.05, 0) is 48.9 Å². The topological polar surface area (TPSA) is 75.7 Å². The van der Waals surface area contributed by atoms with Crippen LogP contribution in [0.2, 0.25) is 5.02 Å². The second kappa shape index (κ2) is 8.33. The normalized spacial score (nSPS) is 16.7. The van der Waals surface area contributed by atoms with Crippen molar-refractivity contribution in [3.8, 4) is 0 Å². The number of benzene rings is 2. The molecule has 3 rings (SSSR count). The molecule has 1 heterocycles. The average molecular weight is 387 g/mol. The molecule has 1 aliphatic heterocycles. The number of hydrogen-bond acceptors (Lipinski definition) is 5. The highest BCUT2D eigenvalue weighted by molar-refractivity contribution is 6.30. The Bertz CT molecular complexity index is 849. The molecule has 140 valence electrons. The van der Waals surface area contributed by atoms with Crippen LogP contribution in [-0.2, 0) is 20.9 Å². The van der Waals surface area contributed by atoms with E-state index in [0.29, 0.717) is 22.8 Å². The third-order valence-corrected chi connectivity index (χ3v) is 4.50. The zero-order valence-corrected chi connectivity index (χ0v) is 15.5. The molecule has 1 fully saturated rings. The fourth-order valence-corrected chi connectivity index (χ4v) is 2.99. The Morgan fingerprint density at radius 1 is 1.15 bits per heavy atom. The van der Waals surface area contributed by atoms with Gasteiger partial charge in [0.05, 0.1) is 30.3 Å². The summed E-state index contributed by atoms with van der Waals surface area (Å²) in [5, 5.41) is 3.76. The molecular weight excluding hydrogens is 368 g/mol. The van der Waals surface area contributed by atoms with Crippen molar-refractivity contribution in [3.05, 3.63) is 64.7 Å². The maximum Gasteiger partial charge on any atom is 0.338 e. The molecule has 1 aliphatic rings. The number of hydrogen-bond donors (Lipinski definition) is 1. The van der Waals surface area contributed by atoms with Gasteiger partial charge in [0.1, 0.15) is 0 Å². The first-order valence-electron chi connectivity index (χ1n) is 8.61. The predicted octanol–water partition coefficient (Wildman–Crippen LogP) is 2.94. The molecule has 0 unspecified atom stereocenters. The molecular formula is C20H19ClN2O4. The lowest BCUT2D eigenvalue weighted by Gasteiger charge is -2.16. The van der Waals surface area contributed by atoms with E-state index in [1.165, 1.54) is 0 Å². The molecule has 1 atom stereocenters. The number of nitrogens with one attached hydrogen (secondary N) is 1. The Morgan fingerprint density at radius 3 is 2.44 bits per heavy atom. The first-order valence-corrected chi connectivity index (χ1v) is 8.99. The number of carbonyl (C=O) groups is 3. The zero-order valence-electron chi connectivity index (χ0n) is 14.8. The van der Waals surface area contributed by atoms with Gasteiger partial charge in [0, 0.05) is 11.6 Å². The molecule has 1 saturated heterocycles. The van der Waals surface area contributed by atoms with Crippen LogP contribution in [0.1, 0.15) is 29.3 Å². The van der Waals surface area contributed by atoms with Crippen LogP contribution < -0.4 is 10.2 Å². The molecule has 7 heteroatoms. The molecule has 2 aromatic rings. The Kier molecular flexibility index (Phi) is 5.88. The van der Waals surface area contributed by atoms with Crippen molar-refractivity contribution in [1.29, 1.82) is 0 Å². The first-order chi connectivity index (χ1) is 13.0. The minimum absolute atomic E-state index is 0.0893. The van der Waals surface area contributed by atoms with Crippen LogP contribution in [-0.4, -0.2) is 30.4 Å². The number of amides is 2. The average Bonchev–Trinajstić information content (AvgIpc) is 2.95. The maximum absolute atomic E-state index is 12.6. The van der Waals surface area contributed by atoms with E-state index in [9.17, 15) is 14.4 Å². The van der Waals surface area contributed by atoms with Crippen LogP contribution in [0.4, 0.5) is 5.69 Å². The second-order valence-electron chi connectivity index (χ2n) is 6.10. The van der Waals surface area contributed by atoms with Crippen molar-refractivity contribution in [2.45, 2.75) is 25.9 Å². The van der Waals surface area contributed by atoms with Crippen molar-refractivity contribution in [3.63, 3.8) is 0 Å². The lowest BCUT2D eigenvalue weighted by atomic mass is 10.2. The van der Waals surface area contributed by atoms with E-state index >= 15 is 0 Å². The first kappa shape index (κ1) is 19.1. The number of imide groups is 1. The molecule has 0 saturated carbocycles. The van der Waals surface area contributed by atoms with Crippen molar-refractivity contribution in [2.24, 2.45) is 0 Å². The van der Waals surface area contributed by atoms with Crippen LogP contribution in [0.25, 0.3) is 0 Å². The number of carbonyl (C=O) groups excluding carboxylic acids is 3. The van der Waals surface area contributed by atoms with Gasteiger partial charge in [0.15, 0.2) is 0 Å². The van der Waals surface area contributed by atoms with Gasteiger partial charge < -0.3 is 10.1 Å². The molecule has 0 bridgehead atoms. The number of rotatable bonds is 6. The van der Waals surface area contributed by atoms with Gasteiger partial charge >= 0.3 is 5.97 Å². The minimum Gasteiger partial charge on any atom is -0.462 e. The van der Waals surface area contributed by atoms with E-state index in [0.717, 1.165) is 10.5 Å². The Hall–Kier alpha value is -2.70. The van der Waals surface area contributed by atoms with Gasteiger partial charge in [-0.3, -0.25) is 9.59 Å². The van der Waals surface area contributed by atoms with Gasteiger partial charge in [0.2, 0.25) is 5.91 Å². The fourth-order valence-electron chi connectivity index (χ4n) is 2.87. The predicted molar refractivity (Wildman–Crippen MR) is 102 cm³/mol. The van der Waals surface area contributed by atoms with Crippen LogP contribution >= 0.6 is 11.6 Å². The number of ether oxygens (including phenoxy) is 1. The molecule has 2 aromatic carbocycles. The van der Waals surface area contributed by atoms with Gasteiger partial charge in [-0.2, -0.15) is 0 Å².